The van der Waals surface area contributed by atoms with Crippen LogP contribution in [0.3, 0.4) is 0 Å². The first-order valence-electron chi connectivity index (χ1n) is 29.0. The normalized spacial score (nSPS) is 31.4. The maximum Gasteiger partial charge on any atom is 0.246 e. The molecule has 2 aliphatic carbocycles. The number of nitrogens with zero attached hydrogens (tertiary/aromatic N) is 3. The van der Waals surface area contributed by atoms with Crippen LogP contribution in [0.25, 0.3) is 0 Å². The van der Waals surface area contributed by atoms with E-state index < -0.39 is 35.4 Å². The van der Waals surface area contributed by atoms with Gasteiger partial charge < -0.3 is 45.5 Å². The number of ether oxygens (including phenoxy) is 3. The van der Waals surface area contributed by atoms with Gasteiger partial charge in [-0.2, -0.15) is 5.53 Å². The number of aliphatic hydroxyl groups is 1. The highest BCUT2D eigenvalue weighted by Crippen LogP contribution is 2.37. The molecule has 7 fully saturated rings. The van der Waals surface area contributed by atoms with Gasteiger partial charge >= 0.3 is 0 Å². The third-order valence-corrected chi connectivity index (χ3v) is 18.8. The summed E-state index contributed by atoms with van der Waals surface area (Å²) in [4.78, 5) is 42.1. The Hall–Kier alpha value is -2.54. The zero-order valence-corrected chi connectivity index (χ0v) is 47.1. The third kappa shape index (κ3) is 15.9. The molecule has 6 unspecified atom stereocenters. The van der Waals surface area contributed by atoms with Crippen LogP contribution in [0.2, 0.25) is 0 Å². The molecule has 20 heteroatoms. The van der Waals surface area contributed by atoms with E-state index in [0.717, 1.165) is 56.4 Å². The molecule has 3 amide bonds. The molecular weight excluding hydrogens is 973 g/mol. The number of amides is 3. The molecule has 8 rings (SSSR count). The van der Waals surface area contributed by atoms with Crippen molar-refractivity contribution in [1.82, 2.24) is 63.2 Å². The molecule has 424 valence electrons. The number of thioether (sulfide) groups is 1. The fraction of sp³-hybridized carbons (Fsp3) is 0.836. The minimum atomic E-state index is -0.936. The van der Waals surface area contributed by atoms with Gasteiger partial charge in [-0.15, -0.1) is 11.8 Å². The Kier molecular flexibility index (Phi) is 21.9. The second-order valence-corrected chi connectivity index (χ2v) is 25.0. The molecule has 1 aromatic rings. The molecule has 11 atom stereocenters. The summed E-state index contributed by atoms with van der Waals surface area (Å²) >= 11 is 1.88. The summed E-state index contributed by atoms with van der Waals surface area (Å²) in [6, 6.07) is 8.46. The highest BCUT2D eigenvalue weighted by Gasteiger charge is 2.47. The van der Waals surface area contributed by atoms with Gasteiger partial charge in [-0.05, 0) is 80.2 Å². The quantitative estimate of drug-likeness (QED) is 0.0604. The molecular formula is C55H96N12O7S. The number of hydrogen-bond acceptors (Lipinski definition) is 17. The number of rotatable bonds is 26. The van der Waals surface area contributed by atoms with Gasteiger partial charge in [-0.25, -0.2) is 15.4 Å². The van der Waals surface area contributed by atoms with Crippen molar-refractivity contribution in [3.05, 3.63) is 35.4 Å². The molecule has 7 aliphatic rings. The van der Waals surface area contributed by atoms with Gasteiger partial charge in [-0.1, -0.05) is 91.0 Å². The lowest BCUT2D eigenvalue weighted by Crippen LogP contribution is -2.66. The molecule has 1 aromatic carbocycles. The number of nitrogens with one attached hydrogen (secondary N) is 9. The molecule has 0 radical (unpaired) electrons. The first-order chi connectivity index (χ1) is 36.2. The minimum Gasteiger partial charge on any atom is -0.391 e. The zero-order chi connectivity index (χ0) is 53.0. The Morgan fingerprint density at radius 1 is 0.907 bits per heavy atom. The summed E-state index contributed by atoms with van der Waals surface area (Å²) in [5.41, 5.74) is 12.5. The van der Waals surface area contributed by atoms with E-state index in [4.69, 9.17) is 14.2 Å². The molecule has 75 heavy (non-hydrogen) atoms. The van der Waals surface area contributed by atoms with Gasteiger partial charge in [-0.3, -0.25) is 30.4 Å². The molecule has 2 saturated carbocycles. The lowest BCUT2D eigenvalue weighted by atomic mass is 9.74. The van der Waals surface area contributed by atoms with Gasteiger partial charge in [0.1, 0.15) is 18.7 Å². The first-order valence-corrected chi connectivity index (χ1v) is 30.1. The Balaban J connectivity index is 0.695. The lowest BCUT2D eigenvalue weighted by molar-refractivity contribution is -0.144. The van der Waals surface area contributed by atoms with Crippen molar-refractivity contribution in [2.75, 3.05) is 78.2 Å². The number of fused-ring (bicyclic) bond motifs is 1. The van der Waals surface area contributed by atoms with Crippen molar-refractivity contribution in [2.24, 2.45) is 17.3 Å². The van der Waals surface area contributed by atoms with Crippen molar-refractivity contribution in [2.45, 2.75) is 197 Å². The van der Waals surface area contributed by atoms with E-state index in [1.54, 1.807) is 0 Å². The smallest absolute Gasteiger partial charge is 0.246 e. The van der Waals surface area contributed by atoms with Gasteiger partial charge in [0.25, 0.3) is 0 Å². The minimum absolute atomic E-state index is 0.0117. The number of carbonyl (C=O) groups is 3. The predicted octanol–water partition coefficient (Wildman–Crippen LogP) is 2.97. The molecule has 19 nitrogen and oxygen atoms in total. The predicted molar refractivity (Wildman–Crippen MR) is 293 cm³/mol. The number of β-amino-alcohol motifs (C(OH)–C–C–N with tert-alkyl or cyclic N) is 1. The summed E-state index contributed by atoms with van der Waals surface area (Å²) in [7, 11) is 0. The number of likely N-dealkylation sites (tertiary alicyclic amines) is 1. The van der Waals surface area contributed by atoms with Crippen LogP contribution in [-0.2, 0) is 35.1 Å². The molecule has 5 aliphatic heterocycles. The van der Waals surface area contributed by atoms with E-state index in [1.807, 2.05) is 44.7 Å². The maximum absolute atomic E-state index is 14.0. The lowest BCUT2D eigenvalue weighted by Gasteiger charge is -2.45. The second kappa shape index (κ2) is 28.1. The number of aliphatic hydroxyl groups excluding tert-OH is 1. The van der Waals surface area contributed by atoms with E-state index >= 15 is 0 Å². The highest BCUT2D eigenvalue weighted by molar-refractivity contribution is 7.99. The zero-order valence-electron chi connectivity index (χ0n) is 46.3. The van der Waals surface area contributed by atoms with Crippen LogP contribution in [-0.4, -0.2) is 176 Å². The molecule has 0 spiro atoms. The molecule has 5 heterocycles. The van der Waals surface area contributed by atoms with E-state index in [-0.39, 0.29) is 37.6 Å². The van der Waals surface area contributed by atoms with Gasteiger partial charge in [0, 0.05) is 81.0 Å². The monoisotopic (exact) mass is 1070 g/mol. The van der Waals surface area contributed by atoms with Crippen LogP contribution >= 0.6 is 11.8 Å². The molecule has 10 N–H and O–H groups in total. The van der Waals surface area contributed by atoms with Crippen LogP contribution in [0.5, 0.6) is 0 Å². The summed E-state index contributed by atoms with van der Waals surface area (Å²) in [5, 5.41) is 37.2. The van der Waals surface area contributed by atoms with Crippen LogP contribution in [0.4, 0.5) is 0 Å². The molecule has 5 saturated heterocycles. The first kappa shape index (κ1) is 58.6. The number of carbonyl (C=O) groups excluding carboxylic acids is 3. The van der Waals surface area contributed by atoms with Crippen molar-refractivity contribution in [3.8, 4) is 0 Å². The summed E-state index contributed by atoms with van der Waals surface area (Å²) in [6.07, 6.45) is 14.9. The largest absolute Gasteiger partial charge is 0.391 e. The van der Waals surface area contributed by atoms with E-state index in [9.17, 15) is 19.5 Å². The summed E-state index contributed by atoms with van der Waals surface area (Å²) < 4.78 is 17.4. The summed E-state index contributed by atoms with van der Waals surface area (Å²) in [6.45, 7) is 18.1. The standard InChI is InChI=1S/C55H96N12O7S/c1-7-39(8-2)45-30-48(67-47(61-45)20-21-59-67)60-43-19-18-42(28-43)57-34-55(41-12-10-9-11-13-41)35-65(64-63-55)22-23-72-24-25-73-26-27-74-33-49(69)62-51(54(4,5)6)53(71)66-32-44(68)29-46(66)52(70)56-31-38-14-16-40(17-15-38)50-37(3)58-36-75-50/h14-17,37,39,41-48,50-51,57-61,63-64,68H,7-13,18-36H2,1-6H3,(H,56,70)(H,62,69)/t37?,42-,43-,44+,45?,46-,47?,48?,50?,51+,55?/m0/s1. The van der Waals surface area contributed by atoms with E-state index in [0.29, 0.717) is 80.6 Å². The fourth-order valence-electron chi connectivity index (χ4n) is 13.0. The van der Waals surface area contributed by atoms with Crippen LogP contribution < -0.4 is 48.3 Å². The Morgan fingerprint density at radius 2 is 1.64 bits per heavy atom. The number of benzene rings is 1. The average Bonchev–Trinajstić information content (AvgIpc) is 4.28. The van der Waals surface area contributed by atoms with Crippen molar-refractivity contribution < 1.29 is 33.7 Å². The van der Waals surface area contributed by atoms with Gasteiger partial charge in [0.05, 0.1) is 57.0 Å². The van der Waals surface area contributed by atoms with E-state index in [1.165, 1.54) is 74.7 Å². The van der Waals surface area contributed by atoms with E-state index in [2.05, 4.69) is 91.2 Å². The highest BCUT2D eigenvalue weighted by atomic mass is 32.2. The number of hydrogen-bond donors (Lipinski definition) is 10. The topological polar surface area (TPSA) is 217 Å². The van der Waals surface area contributed by atoms with Gasteiger partial charge in [0.2, 0.25) is 17.7 Å². The average molecular weight is 1070 g/mol. The second-order valence-electron chi connectivity index (χ2n) is 23.8. The Bertz CT molecular complexity index is 1950. The number of hydrazine groups is 3. The Labute approximate surface area is 452 Å². The summed E-state index contributed by atoms with van der Waals surface area (Å²) in [5.74, 6) is 1.08. The SMILES string of the molecule is CCC(CC)C1CC(N[C@H]2CC[C@H](NCC3(C4CCCCC4)CN(CCOCCOCCOCC(=O)N[C@H](C(=O)N4C[C@H](O)C[C@H]4C(=O)NCc4ccc(C5SCNC5C)cc4)C(C)(C)C)NN3)C2)N2NCCC2N1. The molecule has 0 aromatic heterocycles. The van der Waals surface area contributed by atoms with Crippen LogP contribution in [0.1, 0.15) is 141 Å². The van der Waals surface area contributed by atoms with Gasteiger partial charge in [0.15, 0.2) is 0 Å². The third-order valence-electron chi connectivity index (χ3n) is 17.4. The van der Waals surface area contributed by atoms with Crippen molar-refractivity contribution >= 4 is 29.5 Å². The molecule has 0 bridgehead atoms. The fourth-order valence-corrected chi connectivity index (χ4v) is 14.3. The van der Waals surface area contributed by atoms with Crippen molar-refractivity contribution in [3.63, 3.8) is 0 Å². The van der Waals surface area contributed by atoms with Crippen LogP contribution in [0, 0.1) is 17.3 Å². The maximum atomic E-state index is 14.0. The Morgan fingerprint density at radius 3 is 2.36 bits per heavy atom. The van der Waals surface area contributed by atoms with Crippen molar-refractivity contribution in [1.29, 1.82) is 0 Å². The van der Waals surface area contributed by atoms with Crippen LogP contribution in [0.15, 0.2) is 24.3 Å².